The number of pyridine rings is 1. The fourth-order valence-corrected chi connectivity index (χ4v) is 5.89. The zero-order valence-electron chi connectivity index (χ0n) is 17.5. The highest BCUT2D eigenvalue weighted by Gasteiger charge is 2.48. The van der Waals surface area contributed by atoms with Gasteiger partial charge < -0.3 is 19.3 Å². The van der Waals surface area contributed by atoms with E-state index < -0.39 is 0 Å². The minimum Gasteiger partial charge on any atom is -0.473 e. The third-order valence-electron chi connectivity index (χ3n) is 7.30. The zero-order valence-corrected chi connectivity index (χ0v) is 17.5. The van der Waals surface area contributed by atoms with Crippen LogP contribution in [0.3, 0.4) is 0 Å². The van der Waals surface area contributed by atoms with Crippen molar-refractivity contribution in [2.24, 2.45) is 5.41 Å². The molecule has 1 saturated carbocycles. The molecule has 1 aromatic heterocycles. The lowest BCUT2D eigenvalue weighted by Crippen LogP contribution is -2.54. The van der Waals surface area contributed by atoms with Crippen LogP contribution in [0.2, 0.25) is 0 Å². The van der Waals surface area contributed by atoms with Gasteiger partial charge in [0.1, 0.15) is 17.6 Å². The van der Waals surface area contributed by atoms with Crippen molar-refractivity contribution < 1.29 is 13.9 Å². The number of piperazine rings is 1. The Bertz CT molecular complexity index is 713. The molecule has 3 aliphatic heterocycles. The van der Waals surface area contributed by atoms with Gasteiger partial charge in [-0.1, -0.05) is 0 Å². The Morgan fingerprint density at radius 3 is 2.62 bits per heavy atom. The average Bonchev–Trinajstić information content (AvgIpc) is 3.15. The first-order chi connectivity index (χ1) is 14.1. The third kappa shape index (κ3) is 4.09. The van der Waals surface area contributed by atoms with Crippen LogP contribution in [0, 0.1) is 11.2 Å². The largest absolute Gasteiger partial charge is 0.473 e. The highest BCUT2D eigenvalue weighted by molar-refractivity contribution is 5.55. The van der Waals surface area contributed by atoms with E-state index in [0.717, 1.165) is 64.0 Å². The first-order valence-corrected chi connectivity index (χ1v) is 11.2. The summed E-state index contributed by atoms with van der Waals surface area (Å²) in [4.78, 5) is 11.6. The summed E-state index contributed by atoms with van der Waals surface area (Å²) in [6, 6.07) is 2.31. The summed E-state index contributed by atoms with van der Waals surface area (Å²) in [5, 5.41) is 0. The summed E-state index contributed by atoms with van der Waals surface area (Å²) < 4.78 is 25.6. The van der Waals surface area contributed by atoms with Gasteiger partial charge in [0.25, 0.3) is 0 Å². The standard InChI is InChI=1S/C22H33FN4O2/c1-25-15-22(16-25)5-2-18(13-22)26-6-8-27(9-7-26)20-12-17(23)14-24-21(20)29-19-3-10-28-11-4-19/h12,14,18-19H,2-11,13,15-16H2,1H3. The maximum absolute atomic E-state index is 14.0. The normalized spacial score (nSPS) is 28.6. The summed E-state index contributed by atoms with van der Waals surface area (Å²) in [5.41, 5.74) is 1.40. The molecule has 1 unspecified atom stereocenters. The number of anilines is 1. The third-order valence-corrected chi connectivity index (χ3v) is 7.30. The van der Waals surface area contributed by atoms with E-state index in [4.69, 9.17) is 9.47 Å². The quantitative estimate of drug-likeness (QED) is 0.768. The van der Waals surface area contributed by atoms with E-state index in [1.165, 1.54) is 38.5 Å². The maximum atomic E-state index is 14.0. The van der Waals surface area contributed by atoms with Crippen molar-refractivity contribution in [3.8, 4) is 5.88 Å². The zero-order chi connectivity index (χ0) is 19.8. The van der Waals surface area contributed by atoms with Crippen LogP contribution in [0.5, 0.6) is 5.88 Å². The van der Waals surface area contributed by atoms with Gasteiger partial charge in [-0.05, 0) is 31.7 Å². The number of aromatic nitrogens is 1. The Kier molecular flexibility index (Phi) is 5.39. The molecule has 3 saturated heterocycles. The molecular formula is C22H33FN4O2. The molecule has 4 fully saturated rings. The van der Waals surface area contributed by atoms with Crippen LogP contribution in [0.1, 0.15) is 32.1 Å². The minimum absolute atomic E-state index is 0.108. The van der Waals surface area contributed by atoms with Crippen molar-refractivity contribution in [1.29, 1.82) is 0 Å². The molecule has 4 heterocycles. The number of hydrogen-bond acceptors (Lipinski definition) is 6. The van der Waals surface area contributed by atoms with Crippen LogP contribution in [-0.2, 0) is 4.74 Å². The van der Waals surface area contributed by atoms with Gasteiger partial charge in [-0.3, -0.25) is 4.90 Å². The predicted octanol–water partition coefficient (Wildman–Crippen LogP) is 2.38. The molecule has 1 aliphatic carbocycles. The highest BCUT2D eigenvalue weighted by Crippen LogP contribution is 2.46. The van der Waals surface area contributed by atoms with Crippen LogP contribution in [0.15, 0.2) is 12.3 Å². The van der Waals surface area contributed by atoms with Crippen molar-refractivity contribution >= 4 is 5.69 Å². The minimum atomic E-state index is -0.298. The topological polar surface area (TPSA) is 41.1 Å². The Balaban J connectivity index is 1.21. The number of nitrogens with zero attached hydrogens (tertiary/aromatic N) is 4. The van der Waals surface area contributed by atoms with Crippen LogP contribution in [0.4, 0.5) is 10.1 Å². The van der Waals surface area contributed by atoms with Gasteiger partial charge in [0.05, 0.1) is 19.4 Å². The number of likely N-dealkylation sites (tertiary alicyclic amines) is 1. The lowest BCUT2D eigenvalue weighted by molar-refractivity contribution is 0.0203. The maximum Gasteiger partial charge on any atom is 0.238 e. The molecule has 29 heavy (non-hydrogen) atoms. The summed E-state index contributed by atoms with van der Waals surface area (Å²) in [5.74, 6) is 0.276. The first kappa shape index (κ1) is 19.5. The fraction of sp³-hybridized carbons (Fsp3) is 0.773. The number of hydrogen-bond donors (Lipinski definition) is 0. The van der Waals surface area contributed by atoms with Crippen LogP contribution < -0.4 is 9.64 Å². The Morgan fingerprint density at radius 1 is 1.14 bits per heavy atom. The van der Waals surface area contributed by atoms with E-state index in [1.54, 1.807) is 6.07 Å². The highest BCUT2D eigenvalue weighted by atomic mass is 19.1. The smallest absolute Gasteiger partial charge is 0.238 e. The summed E-state index contributed by atoms with van der Waals surface area (Å²) in [6.07, 6.45) is 7.15. The van der Waals surface area contributed by atoms with E-state index in [-0.39, 0.29) is 11.9 Å². The first-order valence-electron chi connectivity index (χ1n) is 11.2. The van der Waals surface area contributed by atoms with Crippen LogP contribution in [-0.4, -0.2) is 86.5 Å². The Morgan fingerprint density at radius 2 is 1.90 bits per heavy atom. The molecule has 6 nitrogen and oxygen atoms in total. The lowest BCUT2D eigenvalue weighted by atomic mass is 9.78. The summed E-state index contributed by atoms with van der Waals surface area (Å²) in [6.45, 7) is 7.85. The van der Waals surface area contributed by atoms with Gasteiger partial charge in [0, 0.05) is 64.2 Å². The predicted molar refractivity (Wildman–Crippen MR) is 110 cm³/mol. The van der Waals surface area contributed by atoms with E-state index in [2.05, 4.69) is 26.7 Å². The average molecular weight is 405 g/mol. The summed E-state index contributed by atoms with van der Waals surface area (Å²) in [7, 11) is 2.23. The molecule has 160 valence electrons. The van der Waals surface area contributed by atoms with Gasteiger partial charge in [-0.25, -0.2) is 9.37 Å². The number of rotatable bonds is 4. The molecule has 0 radical (unpaired) electrons. The number of halogens is 1. The SMILES string of the molecule is CN1CC2(CCC(N3CCN(c4cc(F)cnc4OC4CCOCC4)CC3)C2)C1. The van der Waals surface area contributed by atoms with Gasteiger partial charge in [0.2, 0.25) is 5.88 Å². The van der Waals surface area contributed by atoms with Crippen molar-refractivity contribution in [2.75, 3.05) is 64.4 Å². The second-order valence-corrected chi connectivity index (χ2v) is 9.50. The molecule has 1 aromatic rings. The van der Waals surface area contributed by atoms with Crippen LogP contribution in [0.25, 0.3) is 0 Å². The second kappa shape index (κ2) is 8.00. The lowest BCUT2D eigenvalue weighted by Gasteiger charge is -2.47. The van der Waals surface area contributed by atoms with E-state index in [9.17, 15) is 4.39 Å². The fourth-order valence-electron chi connectivity index (χ4n) is 5.89. The van der Waals surface area contributed by atoms with Gasteiger partial charge in [0.15, 0.2) is 0 Å². The monoisotopic (exact) mass is 404 g/mol. The van der Waals surface area contributed by atoms with E-state index in [1.807, 2.05) is 0 Å². The van der Waals surface area contributed by atoms with Crippen molar-refractivity contribution in [3.63, 3.8) is 0 Å². The van der Waals surface area contributed by atoms with Crippen molar-refractivity contribution in [1.82, 2.24) is 14.8 Å². The van der Waals surface area contributed by atoms with E-state index in [0.29, 0.717) is 11.3 Å². The molecule has 1 spiro atoms. The van der Waals surface area contributed by atoms with Crippen molar-refractivity contribution in [3.05, 3.63) is 18.1 Å². The van der Waals surface area contributed by atoms with E-state index >= 15 is 0 Å². The Labute approximate surface area is 173 Å². The molecule has 1 atom stereocenters. The number of ether oxygens (including phenoxy) is 2. The molecule has 5 rings (SSSR count). The molecule has 4 aliphatic rings. The molecule has 7 heteroatoms. The summed E-state index contributed by atoms with van der Waals surface area (Å²) >= 11 is 0. The van der Waals surface area contributed by atoms with Gasteiger partial charge in [-0.15, -0.1) is 0 Å². The molecule has 0 bridgehead atoms. The second-order valence-electron chi connectivity index (χ2n) is 9.50. The molecular weight excluding hydrogens is 371 g/mol. The van der Waals surface area contributed by atoms with Gasteiger partial charge in [-0.2, -0.15) is 0 Å². The van der Waals surface area contributed by atoms with Crippen molar-refractivity contribution in [2.45, 2.75) is 44.2 Å². The van der Waals surface area contributed by atoms with Crippen LogP contribution >= 0.6 is 0 Å². The molecule has 0 amide bonds. The van der Waals surface area contributed by atoms with Gasteiger partial charge >= 0.3 is 0 Å². The Hall–Kier alpha value is -1.44. The molecule has 0 aromatic carbocycles. The molecule has 0 N–H and O–H groups in total.